The molecule has 0 bridgehead atoms. The summed E-state index contributed by atoms with van der Waals surface area (Å²) in [7, 11) is 0. The summed E-state index contributed by atoms with van der Waals surface area (Å²) in [6.07, 6.45) is 4.85. The molecular weight excluding hydrogens is 268 g/mol. The van der Waals surface area contributed by atoms with Crippen LogP contribution in [0, 0.1) is 0 Å². The summed E-state index contributed by atoms with van der Waals surface area (Å²) in [4.78, 5) is 2.54. The summed E-state index contributed by atoms with van der Waals surface area (Å²) in [6, 6.07) is 21.2. The van der Waals surface area contributed by atoms with Gasteiger partial charge in [-0.15, -0.1) is 0 Å². The van der Waals surface area contributed by atoms with Gasteiger partial charge in [0.05, 0.1) is 5.54 Å². The Bertz CT molecular complexity index is 561. The van der Waals surface area contributed by atoms with Crippen molar-refractivity contribution in [3.8, 4) is 0 Å². The van der Waals surface area contributed by atoms with Gasteiger partial charge in [-0.3, -0.25) is 0 Å². The van der Waals surface area contributed by atoms with Gasteiger partial charge in [-0.25, -0.2) is 0 Å². The van der Waals surface area contributed by atoms with Crippen LogP contribution in [-0.4, -0.2) is 24.5 Å². The lowest BCUT2D eigenvalue weighted by molar-refractivity contribution is 0.176. The Hall–Kier alpha value is -1.64. The van der Waals surface area contributed by atoms with Gasteiger partial charge in [0, 0.05) is 6.54 Å². The van der Waals surface area contributed by atoms with Crippen molar-refractivity contribution in [1.82, 2.24) is 4.90 Å². The average molecular weight is 294 g/mol. The van der Waals surface area contributed by atoms with Crippen molar-refractivity contribution in [3.05, 3.63) is 71.8 Å². The Morgan fingerprint density at radius 2 is 1.41 bits per heavy atom. The van der Waals surface area contributed by atoms with Gasteiger partial charge >= 0.3 is 0 Å². The van der Waals surface area contributed by atoms with Gasteiger partial charge in [-0.2, -0.15) is 0 Å². The molecule has 22 heavy (non-hydrogen) atoms. The van der Waals surface area contributed by atoms with Crippen LogP contribution in [0.5, 0.6) is 0 Å². The van der Waals surface area contributed by atoms with Crippen molar-refractivity contribution in [3.63, 3.8) is 0 Å². The minimum absolute atomic E-state index is 0.319. The number of hydrogen-bond donors (Lipinski definition) is 1. The molecule has 0 aromatic heterocycles. The zero-order valence-electron chi connectivity index (χ0n) is 13.2. The van der Waals surface area contributed by atoms with Crippen molar-refractivity contribution in [2.45, 2.75) is 31.2 Å². The predicted octanol–water partition coefficient (Wildman–Crippen LogP) is 3.57. The van der Waals surface area contributed by atoms with Crippen LogP contribution in [0.3, 0.4) is 0 Å². The maximum Gasteiger partial charge on any atom is 0.0579 e. The molecule has 2 N–H and O–H groups in total. The van der Waals surface area contributed by atoms with E-state index < -0.39 is 0 Å². The molecule has 1 aliphatic rings. The lowest BCUT2D eigenvalue weighted by Crippen LogP contribution is -2.50. The summed E-state index contributed by atoms with van der Waals surface area (Å²) >= 11 is 0. The van der Waals surface area contributed by atoms with Gasteiger partial charge in [0.25, 0.3) is 0 Å². The zero-order chi connectivity index (χ0) is 15.3. The number of benzene rings is 2. The number of nitrogens with two attached hydrogens (primary N) is 1. The molecule has 1 atom stereocenters. The second-order valence-corrected chi connectivity index (χ2v) is 6.52. The van der Waals surface area contributed by atoms with E-state index in [2.05, 4.69) is 65.6 Å². The largest absolute Gasteiger partial charge is 0.320 e. The van der Waals surface area contributed by atoms with Gasteiger partial charge in [0.15, 0.2) is 0 Å². The molecule has 1 unspecified atom stereocenters. The second kappa shape index (κ2) is 7.08. The van der Waals surface area contributed by atoms with Gasteiger partial charge < -0.3 is 10.6 Å². The molecular formula is C20H26N2. The molecule has 1 heterocycles. The summed E-state index contributed by atoms with van der Waals surface area (Å²) in [5, 5.41) is 0. The summed E-state index contributed by atoms with van der Waals surface area (Å²) in [5.41, 5.74) is 9.17. The standard InChI is InChI=1S/C20H26N2/c21-20(19-12-6-2-7-13-19,16-18-10-4-1-5-11-18)17-22-14-8-3-9-15-22/h1-2,4-7,10-13H,3,8-9,14-17,21H2. The van der Waals surface area contributed by atoms with E-state index in [4.69, 9.17) is 5.73 Å². The molecule has 0 saturated carbocycles. The van der Waals surface area contributed by atoms with Crippen molar-refractivity contribution in [2.24, 2.45) is 5.73 Å². The summed E-state index contributed by atoms with van der Waals surface area (Å²) in [6.45, 7) is 3.30. The smallest absolute Gasteiger partial charge is 0.0579 e. The van der Waals surface area contributed by atoms with Crippen molar-refractivity contribution in [2.75, 3.05) is 19.6 Å². The number of nitrogens with zero attached hydrogens (tertiary/aromatic N) is 1. The summed E-state index contributed by atoms with van der Waals surface area (Å²) < 4.78 is 0. The molecule has 2 aromatic rings. The van der Waals surface area contributed by atoms with Crippen LogP contribution in [0.25, 0.3) is 0 Å². The summed E-state index contributed by atoms with van der Waals surface area (Å²) in [5.74, 6) is 0. The zero-order valence-corrected chi connectivity index (χ0v) is 13.2. The van der Waals surface area contributed by atoms with E-state index >= 15 is 0 Å². The SMILES string of the molecule is NC(Cc1ccccc1)(CN1CCCCC1)c1ccccc1. The highest BCUT2D eigenvalue weighted by molar-refractivity contribution is 5.29. The third-order valence-electron chi connectivity index (χ3n) is 4.67. The predicted molar refractivity (Wildman–Crippen MR) is 92.7 cm³/mol. The fraction of sp³-hybridized carbons (Fsp3) is 0.400. The van der Waals surface area contributed by atoms with Gasteiger partial charge in [-0.1, -0.05) is 67.1 Å². The molecule has 0 spiro atoms. The molecule has 1 fully saturated rings. The number of rotatable bonds is 5. The molecule has 2 nitrogen and oxygen atoms in total. The highest BCUT2D eigenvalue weighted by Crippen LogP contribution is 2.26. The quantitative estimate of drug-likeness (QED) is 0.913. The fourth-order valence-electron chi connectivity index (χ4n) is 3.50. The van der Waals surface area contributed by atoms with Crippen LogP contribution in [0.1, 0.15) is 30.4 Å². The van der Waals surface area contributed by atoms with Crippen LogP contribution in [0.2, 0.25) is 0 Å². The Morgan fingerprint density at radius 1 is 0.818 bits per heavy atom. The molecule has 0 aliphatic carbocycles. The molecule has 3 rings (SSSR count). The maximum atomic E-state index is 6.94. The van der Waals surface area contributed by atoms with Crippen molar-refractivity contribution >= 4 is 0 Å². The lowest BCUT2D eigenvalue weighted by Gasteiger charge is -2.38. The number of piperidine rings is 1. The molecule has 0 amide bonds. The number of hydrogen-bond acceptors (Lipinski definition) is 2. The first-order valence-corrected chi connectivity index (χ1v) is 8.37. The Labute approximate surface area is 134 Å². The fourth-order valence-corrected chi connectivity index (χ4v) is 3.50. The van der Waals surface area contributed by atoms with Gasteiger partial charge in [0.1, 0.15) is 0 Å². The van der Waals surface area contributed by atoms with Crippen molar-refractivity contribution in [1.29, 1.82) is 0 Å². The first kappa shape index (κ1) is 15.3. The van der Waals surface area contributed by atoms with Gasteiger partial charge in [-0.05, 0) is 43.5 Å². The van der Waals surface area contributed by atoms with Crippen LogP contribution < -0.4 is 5.73 Å². The van der Waals surface area contributed by atoms with E-state index in [9.17, 15) is 0 Å². The molecule has 1 aliphatic heterocycles. The third-order valence-corrected chi connectivity index (χ3v) is 4.67. The monoisotopic (exact) mass is 294 g/mol. The molecule has 2 heteroatoms. The molecule has 0 radical (unpaired) electrons. The average Bonchev–Trinajstić information content (AvgIpc) is 2.57. The van der Waals surface area contributed by atoms with Crippen LogP contribution in [0.15, 0.2) is 60.7 Å². The molecule has 116 valence electrons. The van der Waals surface area contributed by atoms with E-state index in [1.165, 1.54) is 43.5 Å². The third kappa shape index (κ3) is 3.76. The first-order chi connectivity index (χ1) is 10.8. The van der Waals surface area contributed by atoms with E-state index in [1.54, 1.807) is 0 Å². The topological polar surface area (TPSA) is 29.3 Å². The van der Waals surface area contributed by atoms with E-state index in [1.807, 2.05) is 0 Å². The first-order valence-electron chi connectivity index (χ1n) is 8.37. The van der Waals surface area contributed by atoms with Gasteiger partial charge in [0.2, 0.25) is 0 Å². The second-order valence-electron chi connectivity index (χ2n) is 6.52. The highest BCUT2D eigenvalue weighted by Gasteiger charge is 2.30. The van der Waals surface area contributed by atoms with Crippen LogP contribution >= 0.6 is 0 Å². The Kier molecular flexibility index (Phi) is 4.91. The maximum absolute atomic E-state index is 6.94. The Balaban J connectivity index is 1.84. The van der Waals surface area contributed by atoms with E-state index in [0.717, 1.165) is 13.0 Å². The number of likely N-dealkylation sites (tertiary alicyclic amines) is 1. The minimum Gasteiger partial charge on any atom is -0.320 e. The lowest BCUT2D eigenvalue weighted by atomic mass is 9.83. The molecule has 2 aromatic carbocycles. The van der Waals surface area contributed by atoms with Crippen molar-refractivity contribution < 1.29 is 0 Å². The highest BCUT2D eigenvalue weighted by atomic mass is 15.1. The molecule has 1 saturated heterocycles. The van der Waals surface area contributed by atoms with Crippen LogP contribution in [-0.2, 0) is 12.0 Å². The Morgan fingerprint density at radius 3 is 2.05 bits per heavy atom. The minimum atomic E-state index is -0.319. The van der Waals surface area contributed by atoms with E-state index in [-0.39, 0.29) is 5.54 Å². The van der Waals surface area contributed by atoms with E-state index in [0.29, 0.717) is 0 Å². The normalized spacial score (nSPS) is 18.8. The van der Waals surface area contributed by atoms with Crippen LogP contribution in [0.4, 0.5) is 0 Å².